The molecular formula is C14H17NO. The standard InChI is InChI=1S/C14H17NO/c1-2-5-13-6-3-4-7-14(13)15-10-12-8-9-16-11-12/h3-4,6-9,11,15H,2,5,10H2,1H3. The molecule has 2 nitrogen and oxygen atoms in total. The van der Waals surface area contributed by atoms with E-state index in [4.69, 9.17) is 4.42 Å². The molecule has 2 heteroatoms. The summed E-state index contributed by atoms with van der Waals surface area (Å²) in [4.78, 5) is 0. The lowest BCUT2D eigenvalue weighted by Gasteiger charge is -2.10. The van der Waals surface area contributed by atoms with Crippen LogP contribution in [0.5, 0.6) is 0 Å². The van der Waals surface area contributed by atoms with Gasteiger partial charge in [0.25, 0.3) is 0 Å². The lowest BCUT2D eigenvalue weighted by molar-refractivity contribution is 0.564. The van der Waals surface area contributed by atoms with Gasteiger partial charge in [0.1, 0.15) is 0 Å². The van der Waals surface area contributed by atoms with E-state index in [0.717, 1.165) is 13.0 Å². The first-order chi connectivity index (χ1) is 7.90. The van der Waals surface area contributed by atoms with Gasteiger partial charge in [-0.3, -0.25) is 0 Å². The Bertz CT molecular complexity index is 420. The van der Waals surface area contributed by atoms with E-state index in [-0.39, 0.29) is 0 Å². The average molecular weight is 215 g/mol. The Morgan fingerprint density at radius 1 is 1.19 bits per heavy atom. The number of aryl methyl sites for hydroxylation is 1. The van der Waals surface area contributed by atoms with Crippen LogP contribution >= 0.6 is 0 Å². The Morgan fingerprint density at radius 2 is 2.06 bits per heavy atom. The van der Waals surface area contributed by atoms with Gasteiger partial charge in [-0.05, 0) is 24.1 Å². The lowest BCUT2D eigenvalue weighted by Crippen LogP contribution is -2.01. The minimum absolute atomic E-state index is 0.817. The van der Waals surface area contributed by atoms with E-state index in [9.17, 15) is 0 Å². The Labute approximate surface area is 96.3 Å². The van der Waals surface area contributed by atoms with Crippen molar-refractivity contribution in [2.45, 2.75) is 26.3 Å². The predicted molar refractivity (Wildman–Crippen MR) is 66.5 cm³/mol. The Balaban J connectivity index is 2.03. The van der Waals surface area contributed by atoms with Crippen LogP contribution in [0.15, 0.2) is 47.3 Å². The third kappa shape index (κ3) is 2.66. The molecule has 0 saturated carbocycles. The van der Waals surface area contributed by atoms with Crippen molar-refractivity contribution in [3.63, 3.8) is 0 Å². The molecular weight excluding hydrogens is 198 g/mol. The molecule has 2 aromatic rings. The summed E-state index contributed by atoms with van der Waals surface area (Å²) in [5.74, 6) is 0. The molecule has 0 fully saturated rings. The van der Waals surface area contributed by atoms with Crippen LogP contribution in [0, 0.1) is 0 Å². The molecule has 0 aliphatic rings. The van der Waals surface area contributed by atoms with Crippen molar-refractivity contribution in [2.24, 2.45) is 0 Å². The fourth-order valence-electron chi connectivity index (χ4n) is 1.77. The molecule has 84 valence electrons. The highest BCUT2D eigenvalue weighted by molar-refractivity contribution is 5.51. The second kappa shape index (κ2) is 5.40. The van der Waals surface area contributed by atoms with Crippen molar-refractivity contribution in [2.75, 3.05) is 5.32 Å². The van der Waals surface area contributed by atoms with Gasteiger partial charge in [-0.1, -0.05) is 31.5 Å². The van der Waals surface area contributed by atoms with E-state index < -0.39 is 0 Å². The molecule has 2 rings (SSSR count). The third-order valence-corrected chi connectivity index (χ3v) is 2.60. The smallest absolute Gasteiger partial charge is 0.0952 e. The molecule has 0 amide bonds. The van der Waals surface area contributed by atoms with Crippen molar-refractivity contribution in [1.29, 1.82) is 0 Å². The molecule has 0 atom stereocenters. The summed E-state index contributed by atoms with van der Waals surface area (Å²) in [6.45, 7) is 3.02. The number of rotatable bonds is 5. The third-order valence-electron chi connectivity index (χ3n) is 2.60. The normalized spacial score (nSPS) is 10.3. The van der Waals surface area contributed by atoms with E-state index in [1.807, 2.05) is 6.07 Å². The van der Waals surface area contributed by atoms with Crippen molar-refractivity contribution in [3.8, 4) is 0 Å². The fourth-order valence-corrected chi connectivity index (χ4v) is 1.77. The molecule has 0 unspecified atom stereocenters. The monoisotopic (exact) mass is 215 g/mol. The summed E-state index contributed by atoms with van der Waals surface area (Å²) in [7, 11) is 0. The number of hydrogen-bond donors (Lipinski definition) is 1. The van der Waals surface area contributed by atoms with Gasteiger partial charge in [-0.25, -0.2) is 0 Å². The number of furan rings is 1. The van der Waals surface area contributed by atoms with Crippen LogP contribution < -0.4 is 5.32 Å². The zero-order valence-corrected chi connectivity index (χ0v) is 9.57. The highest BCUT2D eigenvalue weighted by atomic mass is 16.3. The maximum Gasteiger partial charge on any atom is 0.0952 e. The number of benzene rings is 1. The summed E-state index contributed by atoms with van der Waals surface area (Å²) in [6.07, 6.45) is 5.77. The molecule has 16 heavy (non-hydrogen) atoms. The van der Waals surface area contributed by atoms with Crippen molar-refractivity contribution in [3.05, 3.63) is 54.0 Å². The fraction of sp³-hybridized carbons (Fsp3) is 0.286. The van der Waals surface area contributed by atoms with Crippen LogP contribution in [-0.4, -0.2) is 0 Å². The Morgan fingerprint density at radius 3 is 2.81 bits per heavy atom. The lowest BCUT2D eigenvalue weighted by atomic mass is 10.1. The van der Waals surface area contributed by atoms with Crippen molar-refractivity contribution >= 4 is 5.69 Å². The average Bonchev–Trinajstić information content (AvgIpc) is 2.81. The first kappa shape index (κ1) is 10.8. The van der Waals surface area contributed by atoms with Crippen molar-refractivity contribution in [1.82, 2.24) is 0 Å². The number of nitrogens with one attached hydrogen (secondary N) is 1. The van der Waals surface area contributed by atoms with E-state index >= 15 is 0 Å². The van der Waals surface area contributed by atoms with Crippen LogP contribution in [0.4, 0.5) is 5.69 Å². The van der Waals surface area contributed by atoms with Crippen molar-refractivity contribution < 1.29 is 4.42 Å². The highest BCUT2D eigenvalue weighted by Crippen LogP contribution is 2.17. The molecule has 0 bridgehead atoms. The van der Waals surface area contributed by atoms with E-state index in [0.29, 0.717) is 0 Å². The minimum Gasteiger partial charge on any atom is -0.472 e. The van der Waals surface area contributed by atoms with Crippen LogP contribution in [0.3, 0.4) is 0 Å². The number of para-hydroxylation sites is 1. The topological polar surface area (TPSA) is 25.2 Å². The van der Waals surface area contributed by atoms with E-state index in [2.05, 4.69) is 36.5 Å². The molecule has 0 spiro atoms. The molecule has 1 N–H and O–H groups in total. The number of hydrogen-bond acceptors (Lipinski definition) is 2. The summed E-state index contributed by atoms with van der Waals surface area (Å²) >= 11 is 0. The van der Waals surface area contributed by atoms with Gasteiger partial charge in [0.2, 0.25) is 0 Å². The molecule has 1 aromatic carbocycles. The SMILES string of the molecule is CCCc1ccccc1NCc1ccoc1. The maximum absolute atomic E-state index is 5.04. The molecule has 0 saturated heterocycles. The summed E-state index contributed by atoms with van der Waals surface area (Å²) in [5, 5.41) is 3.44. The zero-order valence-electron chi connectivity index (χ0n) is 9.57. The largest absolute Gasteiger partial charge is 0.472 e. The maximum atomic E-state index is 5.04. The molecule has 0 aliphatic heterocycles. The van der Waals surface area contributed by atoms with Crippen LogP contribution in [-0.2, 0) is 13.0 Å². The molecule has 1 heterocycles. The molecule has 0 aliphatic carbocycles. The van der Waals surface area contributed by atoms with Gasteiger partial charge in [0.05, 0.1) is 12.5 Å². The molecule has 1 aromatic heterocycles. The number of anilines is 1. The van der Waals surface area contributed by atoms with Gasteiger partial charge in [0, 0.05) is 17.8 Å². The Kier molecular flexibility index (Phi) is 3.65. The zero-order chi connectivity index (χ0) is 11.2. The van der Waals surface area contributed by atoms with Gasteiger partial charge in [-0.15, -0.1) is 0 Å². The van der Waals surface area contributed by atoms with Gasteiger partial charge < -0.3 is 9.73 Å². The first-order valence-electron chi connectivity index (χ1n) is 5.73. The summed E-state index contributed by atoms with van der Waals surface area (Å²) in [6, 6.07) is 10.5. The molecule has 0 radical (unpaired) electrons. The van der Waals surface area contributed by atoms with Gasteiger partial charge >= 0.3 is 0 Å². The first-order valence-corrected chi connectivity index (χ1v) is 5.73. The van der Waals surface area contributed by atoms with Gasteiger partial charge in [-0.2, -0.15) is 0 Å². The second-order valence-corrected chi connectivity index (χ2v) is 3.89. The van der Waals surface area contributed by atoms with E-state index in [1.54, 1.807) is 12.5 Å². The van der Waals surface area contributed by atoms with E-state index in [1.165, 1.54) is 23.2 Å². The predicted octanol–water partition coefficient (Wildman–Crippen LogP) is 3.84. The van der Waals surface area contributed by atoms with Crippen LogP contribution in [0.25, 0.3) is 0 Å². The Hall–Kier alpha value is -1.70. The van der Waals surface area contributed by atoms with Gasteiger partial charge in [0.15, 0.2) is 0 Å². The van der Waals surface area contributed by atoms with Crippen LogP contribution in [0.1, 0.15) is 24.5 Å². The summed E-state index contributed by atoms with van der Waals surface area (Å²) < 4.78 is 5.04. The van der Waals surface area contributed by atoms with Crippen LogP contribution in [0.2, 0.25) is 0 Å². The second-order valence-electron chi connectivity index (χ2n) is 3.89. The highest BCUT2D eigenvalue weighted by Gasteiger charge is 2.00. The quantitative estimate of drug-likeness (QED) is 0.819. The minimum atomic E-state index is 0.817. The summed E-state index contributed by atoms with van der Waals surface area (Å²) in [5.41, 5.74) is 3.78.